The van der Waals surface area contributed by atoms with Crippen LogP contribution in [0.15, 0.2) is 167 Å². The van der Waals surface area contributed by atoms with Gasteiger partial charge in [-0.2, -0.15) is 0 Å². The lowest BCUT2D eigenvalue weighted by Crippen LogP contribution is -1.93. The average Bonchev–Trinajstić information content (AvgIpc) is 3.74. The van der Waals surface area contributed by atoms with Crippen molar-refractivity contribution in [3.63, 3.8) is 0 Å². The number of fused-ring (bicyclic) bond motifs is 7. The third-order valence-corrected chi connectivity index (χ3v) is 9.53. The quantitative estimate of drug-likeness (QED) is 0.193. The molecule has 0 bridgehead atoms. The molecule has 10 aromatic rings. The van der Waals surface area contributed by atoms with Crippen LogP contribution in [0.1, 0.15) is 0 Å². The van der Waals surface area contributed by atoms with Gasteiger partial charge in [-0.15, -0.1) is 0 Å². The van der Waals surface area contributed by atoms with Crippen LogP contribution in [0.25, 0.3) is 98.6 Å². The summed E-state index contributed by atoms with van der Waals surface area (Å²) in [5.41, 5.74) is 9.87. The average molecular weight is 587 g/mol. The Bertz CT molecular complexity index is 2800. The molecular formula is C44H26O2. The Hall–Kier alpha value is -6.12. The van der Waals surface area contributed by atoms with E-state index in [2.05, 4.69) is 140 Å². The Morgan fingerprint density at radius 1 is 0.304 bits per heavy atom. The van der Waals surface area contributed by atoms with Gasteiger partial charge < -0.3 is 8.83 Å². The fourth-order valence-corrected chi connectivity index (χ4v) is 7.49. The number of hydrogen-bond donors (Lipinski definition) is 0. The highest BCUT2D eigenvalue weighted by Gasteiger charge is 2.21. The van der Waals surface area contributed by atoms with Crippen LogP contribution in [0.5, 0.6) is 0 Å². The molecule has 0 N–H and O–H groups in total. The minimum Gasteiger partial charge on any atom is -0.464 e. The molecule has 2 heteroatoms. The second-order valence-corrected chi connectivity index (χ2v) is 12.0. The maximum atomic E-state index is 6.29. The van der Waals surface area contributed by atoms with Crippen LogP contribution in [0.3, 0.4) is 0 Å². The first-order valence-corrected chi connectivity index (χ1v) is 15.7. The van der Waals surface area contributed by atoms with Gasteiger partial charge in [0.2, 0.25) is 0 Å². The molecule has 46 heavy (non-hydrogen) atoms. The van der Waals surface area contributed by atoms with Gasteiger partial charge in [-0.05, 0) is 96.5 Å². The second-order valence-electron chi connectivity index (χ2n) is 12.0. The van der Waals surface area contributed by atoms with Crippen LogP contribution >= 0.6 is 0 Å². The first-order valence-electron chi connectivity index (χ1n) is 15.7. The van der Waals surface area contributed by atoms with E-state index in [1.807, 2.05) is 18.4 Å². The first kappa shape index (κ1) is 25.2. The molecule has 2 nitrogen and oxygen atoms in total. The van der Waals surface area contributed by atoms with E-state index in [-0.39, 0.29) is 0 Å². The minimum atomic E-state index is 0.897. The lowest BCUT2D eigenvalue weighted by atomic mass is 9.83. The highest BCUT2D eigenvalue weighted by atomic mass is 16.3. The lowest BCUT2D eigenvalue weighted by molar-refractivity contribution is 0.616. The summed E-state index contributed by atoms with van der Waals surface area (Å²) in [6.45, 7) is 0. The van der Waals surface area contributed by atoms with Gasteiger partial charge in [0.05, 0.1) is 6.26 Å². The van der Waals surface area contributed by atoms with Crippen molar-refractivity contribution in [2.75, 3.05) is 0 Å². The fraction of sp³-hybridized carbons (Fsp3) is 0. The van der Waals surface area contributed by atoms with Crippen LogP contribution < -0.4 is 0 Å². The largest absolute Gasteiger partial charge is 0.464 e. The Labute approximate surface area is 264 Å². The normalized spacial score (nSPS) is 11.9. The van der Waals surface area contributed by atoms with E-state index in [1.165, 1.54) is 54.6 Å². The molecular weight excluding hydrogens is 560 g/mol. The number of benzene rings is 8. The van der Waals surface area contributed by atoms with Gasteiger partial charge in [-0.25, -0.2) is 0 Å². The third-order valence-electron chi connectivity index (χ3n) is 9.53. The Kier molecular flexibility index (Phi) is 5.31. The summed E-state index contributed by atoms with van der Waals surface area (Å²) in [4.78, 5) is 0. The van der Waals surface area contributed by atoms with E-state index >= 15 is 0 Å². The molecule has 0 saturated heterocycles. The smallest absolute Gasteiger partial charge is 0.136 e. The van der Waals surface area contributed by atoms with E-state index in [0.29, 0.717) is 0 Å². The van der Waals surface area contributed by atoms with E-state index in [4.69, 9.17) is 8.83 Å². The molecule has 214 valence electrons. The third kappa shape index (κ3) is 3.65. The van der Waals surface area contributed by atoms with Crippen molar-refractivity contribution in [1.82, 2.24) is 0 Å². The number of hydrogen-bond acceptors (Lipinski definition) is 2. The van der Waals surface area contributed by atoms with E-state index < -0.39 is 0 Å². The highest BCUT2D eigenvalue weighted by molar-refractivity contribution is 6.27. The topological polar surface area (TPSA) is 26.3 Å². The van der Waals surface area contributed by atoms with Crippen molar-refractivity contribution in [3.8, 4) is 33.4 Å². The molecule has 0 aliphatic carbocycles. The summed E-state index contributed by atoms with van der Waals surface area (Å²) in [6.07, 6.45) is 1.81. The van der Waals surface area contributed by atoms with Gasteiger partial charge in [0.25, 0.3) is 0 Å². The maximum absolute atomic E-state index is 6.29. The molecule has 0 spiro atoms. The predicted octanol–water partition coefficient (Wildman–Crippen LogP) is 12.8. The van der Waals surface area contributed by atoms with Gasteiger partial charge in [-0.3, -0.25) is 0 Å². The molecule has 0 radical (unpaired) electrons. The minimum absolute atomic E-state index is 0.897. The van der Waals surface area contributed by atoms with Crippen LogP contribution in [-0.4, -0.2) is 0 Å². The summed E-state index contributed by atoms with van der Waals surface area (Å²) >= 11 is 0. The molecule has 0 aliphatic rings. The van der Waals surface area contributed by atoms with Crippen molar-refractivity contribution in [3.05, 3.63) is 158 Å². The van der Waals surface area contributed by atoms with Gasteiger partial charge in [0.15, 0.2) is 0 Å². The first-order chi connectivity index (χ1) is 22.8. The zero-order valence-electron chi connectivity index (χ0n) is 24.8. The summed E-state index contributed by atoms with van der Waals surface area (Å²) in [5, 5.41) is 10.7. The molecule has 0 saturated carbocycles. The summed E-state index contributed by atoms with van der Waals surface area (Å²) in [5.74, 6) is 0. The highest BCUT2D eigenvalue weighted by Crippen LogP contribution is 2.48. The van der Waals surface area contributed by atoms with Crippen LogP contribution in [-0.2, 0) is 0 Å². The molecule has 8 aromatic carbocycles. The van der Waals surface area contributed by atoms with Crippen molar-refractivity contribution >= 4 is 65.2 Å². The summed E-state index contributed by atoms with van der Waals surface area (Å²) in [6, 6.07) is 54.3. The summed E-state index contributed by atoms with van der Waals surface area (Å²) in [7, 11) is 0. The van der Waals surface area contributed by atoms with E-state index in [1.54, 1.807) is 0 Å². The maximum Gasteiger partial charge on any atom is 0.136 e. The van der Waals surface area contributed by atoms with E-state index in [9.17, 15) is 0 Å². The van der Waals surface area contributed by atoms with Crippen molar-refractivity contribution in [2.24, 2.45) is 0 Å². The molecule has 2 heterocycles. The molecule has 2 aromatic heterocycles. The molecule has 0 amide bonds. The van der Waals surface area contributed by atoms with Crippen LogP contribution in [0.4, 0.5) is 0 Å². The molecule has 10 rings (SSSR count). The number of rotatable bonds is 3. The van der Waals surface area contributed by atoms with Gasteiger partial charge in [0, 0.05) is 21.7 Å². The number of furan rings is 2. The molecule has 0 fully saturated rings. The monoisotopic (exact) mass is 586 g/mol. The standard InChI is InChI=1S/C44H26O2/c1-2-10-27(11-3-1)42-34-15-6-7-16-35(34)44(43-31-13-5-4-12-30(31)26-40-37(43)22-23-45-40)36-21-19-28(24-38(36)42)29-18-20-33-32-14-8-9-17-39(32)46-41(33)25-29/h1-26H. The van der Waals surface area contributed by atoms with Crippen LogP contribution in [0.2, 0.25) is 0 Å². The molecule has 0 aliphatic heterocycles. The van der Waals surface area contributed by atoms with E-state index in [0.717, 1.165) is 44.0 Å². The fourth-order valence-electron chi connectivity index (χ4n) is 7.49. The predicted molar refractivity (Wildman–Crippen MR) is 192 cm³/mol. The van der Waals surface area contributed by atoms with Crippen molar-refractivity contribution in [2.45, 2.75) is 0 Å². The summed E-state index contributed by atoms with van der Waals surface area (Å²) < 4.78 is 12.3. The van der Waals surface area contributed by atoms with Gasteiger partial charge >= 0.3 is 0 Å². The molecule has 0 unspecified atom stereocenters. The lowest BCUT2D eigenvalue weighted by Gasteiger charge is -2.20. The van der Waals surface area contributed by atoms with Crippen LogP contribution in [0, 0.1) is 0 Å². The number of para-hydroxylation sites is 1. The van der Waals surface area contributed by atoms with Gasteiger partial charge in [0.1, 0.15) is 16.7 Å². The zero-order valence-corrected chi connectivity index (χ0v) is 24.8. The Morgan fingerprint density at radius 2 is 0.913 bits per heavy atom. The zero-order chi connectivity index (χ0) is 30.2. The van der Waals surface area contributed by atoms with Crippen molar-refractivity contribution in [1.29, 1.82) is 0 Å². The Balaban J connectivity index is 1.34. The van der Waals surface area contributed by atoms with Crippen molar-refractivity contribution < 1.29 is 8.83 Å². The molecule has 0 atom stereocenters. The SMILES string of the molecule is c1ccc(-c2c3ccccc3c(-c3c4ccccc4cc4occc34)c3ccc(-c4ccc5c(c4)oc4ccccc45)cc23)cc1. The second kappa shape index (κ2) is 9.69. The Morgan fingerprint density at radius 3 is 1.76 bits per heavy atom. The van der Waals surface area contributed by atoms with Gasteiger partial charge in [-0.1, -0.05) is 115 Å².